The van der Waals surface area contributed by atoms with Crippen LogP contribution >= 0.6 is 0 Å². The number of hydrogen-bond acceptors (Lipinski definition) is 6. The van der Waals surface area contributed by atoms with E-state index in [0.29, 0.717) is 34.5 Å². The Morgan fingerprint density at radius 3 is 2.50 bits per heavy atom. The Kier molecular flexibility index (Phi) is 3.65. The van der Waals surface area contributed by atoms with Gasteiger partial charge in [-0.1, -0.05) is 6.07 Å². The van der Waals surface area contributed by atoms with Gasteiger partial charge >= 0.3 is 0 Å². The van der Waals surface area contributed by atoms with Crippen molar-refractivity contribution < 1.29 is 13.9 Å². The summed E-state index contributed by atoms with van der Waals surface area (Å²) < 4.78 is 16.3. The van der Waals surface area contributed by atoms with Gasteiger partial charge in [0.05, 0.1) is 19.8 Å². The van der Waals surface area contributed by atoms with Gasteiger partial charge in [0.15, 0.2) is 0 Å². The maximum absolute atomic E-state index is 5.77. The monoisotopic (exact) mass is 297 g/mol. The zero-order valence-electron chi connectivity index (χ0n) is 12.2. The molecule has 6 nitrogen and oxygen atoms in total. The Labute approximate surface area is 127 Å². The molecule has 0 saturated carbocycles. The predicted octanol–water partition coefficient (Wildman–Crippen LogP) is 3.00. The fourth-order valence-electron chi connectivity index (χ4n) is 2.10. The molecule has 2 aromatic carbocycles. The van der Waals surface area contributed by atoms with E-state index < -0.39 is 0 Å². The van der Waals surface area contributed by atoms with Crippen molar-refractivity contribution in [3.05, 3.63) is 42.5 Å². The van der Waals surface area contributed by atoms with Crippen molar-refractivity contribution in [3.63, 3.8) is 0 Å². The molecule has 0 fully saturated rings. The fraction of sp³-hybridized carbons (Fsp3) is 0.125. The Hall–Kier alpha value is -3.02. The summed E-state index contributed by atoms with van der Waals surface area (Å²) in [7, 11) is 3.17. The van der Waals surface area contributed by atoms with Gasteiger partial charge in [0, 0.05) is 17.3 Å². The number of nitrogens with two attached hydrogens (primary N) is 1. The molecule has 0 aliphatic heterocycles. The van der Waals surface area contributed by atoms with E-state index in [1.807, 2.05) is 24.3 Å². The van der Waals surface area contributed by atoms with E-state index in [0.717, 1.165) is 5.56 Å². The van der Waals surface area contributed by atoms with Crippen LogP contribution in [0.1, 0.15) is 0 Å². The van der Waals surface area contributed by atoms with Gasteiger partial charge in [0.25, 0.3) is 5.89 Å². The SMILES string of the molecule is COc1ccc(-c2nnc(-c3cccc(N)c3)o2)c(OC)c1. The normalized spacial score (nSPS) is 10.5. The molecule has 3 aromatic rings. The summed E-state index contributed by atoms with van der Waals surface area (Å²) in [4.78, 5) is 0. The van der Waals surface area contributed by atoms with Crippen LogP contribution in [0.2, 0.25) is 0 Å². The van der Waals surface area contributed by atoms with E-state index in [1.54, 1.807) is 32.4 Å². The van der Waals surface area contributed by atoms with Crippen LogP contribution in [0.15, 0.2) is 46.9 Å². The molecular weight excluding hydrogens is 282 g/mol. The van der Waals surface area contributed by atoms with Crippen molar-refractivity contribution in [1.82, 2.24) is 10.2 Å². The average molecular weight is 297 g/mol. The minimum atomic E-state index is 0.372. The Morgan fingerprint density at radius 2 is 1.77 bits per heavy atom. The van der Waals surface area contributed by atoms with Gasteiger partial charge in [0.2, 0.25) is 5.89 Å². The highest BCUT2D eigenvalue weighted by atomic mass is 16.5. The van der Waals surface area contributed by atoms with Crippen LogP contribution in [0.4, 0.5) is 5.69 Å². The van der Waals surface area contributed by atoms with E-state index in [2.05, 4.69) is 10.2 Å². The van der Waals surface area contributed by atoms with Crippen LogP contribution in [0.3, 0.4) is 0 Å². The fourth-order valence-corrected chi connectivity index (χ4v) is 2.10. The standard InChI is InChI=1S/C16H15N3O3/c1-20-12-6-7-13(14(9-12)21-2)16-19-18-15(22-16)10-4-3-5-11(17)8-10/h3-9H,17H2,1-2H3. The highest BCUT2D eigenvalue weighted by molar-refractivity contribution is 5.66. The molecule has 3 rings (SSSR count). The van der Waals surface area contributed by atoms with Crippen LogP contribution in [-0.4, -0.2) is 24.4 Å². The summed E-state index contributed by atoms with van der Waals surface area (Å²) in [5, 5.41) is 8.14. The molecule has 0 radical (unpaired) electrons. The summed E-state index contributed by atoms with van der Waals surface area (Å²) >= 11 is 0. The minimum absolute atomic E-state index is 0.372. The molecular formula is C16H15N3O3. The molecule has 0 bridgehead atoms. The molecule has 0 saturated heterocycles. The van der Waals surface area contributed by atoms with Crippen molar-refractivity contribution in [2.24, 2.45) is 0 Å². The Balaban J connectivity index is 2.00. The highest BCUT2D eigenvalue weighted by Gasteiger charge is 2.15. The number of methoxy groups -OCH3 is 2. The van der Waals surface area contributed by atoms with Crippen molar-refractivity contribution >= 4 is 5.69 Å². The molecule has 1 aromatic heterocycles. The van der Waals surface area contributed by atoms with Gasteiger partial charge in [-0.15, -0.1) is 10.2 Å². The summed E-state index contributed by atoms with van der Waals surface area (Å²) in [5.74, 6) is 2.07. The molecule has 112 valence electrons. The van der Waals surface area contributed by atoms with Crippen LogP contribution in [0.25, 0.3) is 22.9 Å². The maximum Gasteiger partial charge on any atom is 0.251 e. The second-order valence-electron chi connectivity index (χ2n) is 4.60. The number of nitrogens with zero attached hydrogens (tertiary/aromatic N) is 2. The summed E-state index contributed by atoms with van der Waals surface area (Å²) in [6.07, 6.45) is 0. The lowest BCUT2D eigenvalue weighted by Gasteiger charge is -2.07. The highest BCUT2D eigenvalue weighted by Crippen LogP contribution is 2.33. The largest absolute Gasteiger partial charge is 0.497 e. The number of anilines is 1. The number of rotatable bonds is 4. The topological polar surface area (TPSA) is 83.4 Å². The molecule has 2 N–H and O–H groups in total. The van der Waals surface area contributed by atoms with Crippen LogP contribution in [0, 0.1) is 0 Å². The second kappa shape index (κ2) is 5.77. The van der Waals surface area contributed by atoms with Crippen molar-refractivity contribution in [2.45, 2.75) is 0 Å². The van der Waals surface area contributed by atoms with Crippen molar-refractivity contribution in [1.29, 1.82) is 0 Å². The number of nitrogen functional groups attached to an aromatic ring is 1. The third-order valence-electron chi connectivity index (χ3n) is 3.20. The third-order valence-corrected chi connectivity index (χ3v) is 3.20. The lowest BCUT2D eigenvalue weighted by Crippen LogP contribution is -1.90. The first-order valence-corrected chi connectivity index (χ1v) is 6.63. The quantitative estimate of drug-likeness (QED) is 0.745. The zero-order valence-corrected chi connectivity index (χ0v) is 12.2. The first-order valence-electron chi connectivity index (χ1n) is 6.63. The van der Waals surface area contributed by atoms with Gasteiger partial charge in [-0.3, -0.25) is 0 Å². The Morgan fingerprint density at radius 1 is 0.955 bits per heavy atom. The zero-order chi connectivity index (χ0) is 15.5. The van der Waals surface area contributed by atoms with Crippen molar-refractivity contribution in [3.8, 4) is 34.4 Å². The molecule has 0 unspecified atom stereocenters. The lowest BCUT2D eigenvalue weighted by molar-refractivity contribution is 0.394. The lowest BCUT2D eigenvalue weighted by atomic mass is 10.2. The van der Waals surface area contributed by atoms with Crippen LogP contribution < -0.4 is 15.2 Å². The number of aromatic nitrogens is 2. The Bertz CT molecular complexity index is 799. The molecule has 0 spiro atoms. The molecule has 0 aliphatic rings. The summed E-state index contributed by atoms with van der Waals surface area (Å²) in [6, 6.07) is 12.7. The number of benzene rings is 2. The van der Waals surface area contributed by atoms with E-state index in [-0.39, 0.29) is 0 Å². The molecule has 0 amide bonds. The summed E-state index contributed by atoms with van der Waals surface area (Å²) in [6.45, 7) is 0. The third kappa shape index (κ3) is 2.58. The first kappa shape index (κ1) is 13.9. The van der Waals surface area contributed by atoms with Gasteiger partial charge in [0.1, 0.15) is 11.5 Å². The van der Waals surface area contributed by atoms with E-state index in [9.17, 15) is 0 Å². The second-order valence-corrected chi connectivity index (χ2v) is 4.60. The smallest absolute Gasteiger partial charge is 0.251 e. The summed E-state index contributed by atoms with van der Waals surface area (Å²) in [5.41, 5.74) is 7.88. The maximum atomic E-state index is 5.77. The van der Waals surface area contributed by atoms with Crippen LogP contribution in [0.5, 0.6) is 11.5 Å². The van der Waals surface area contributed by atoms with E-state index in [4.69, 9.17) is 19.6 Å². The number of hydrogen-bond donors (Lipinski definition) is 1. The average Bonchev–Trinajstić information content (AvgIpc) is 3.04. The van der Waals surface area contributed by atoms with Crippen LogP contribution in [-0.2, 0) is 0 Å². The van der Waals surface area contributed by atoms with Gasteiger partial charge in [-0.25, -0.2) is 0 Å². The molecule has 0 aliphatic carbocycles. The molecule has 22 heavy (non-hydrogen) atoms. The van der Waals surface area contributed by atoms with Gasteiger partial charge in [-0.05, 0) is 30.3 Å². The van der Waals surface area contributed by atoms with E-state index >= 15 is 0 Å². The van der Waals surface area contributed by atoms with Gasteiger partial charge < -0.3 is 19.6 Å². The first-order chi connectivity index (χ1) is 10.7. The van der Waals surface area contributed by atoms with Crippen molar-refractivity contribution in [2.75, 3.05) is 20.0 Å². The van der Waals surface area contributed by atoms with E-state index in [1.165, 1.54) is 0 Å². The predicted molar refractivity (Wildman–Crippen MR) is 82.7 cm³/mol. The van der Waals surface area contributed by atoms with Gasteiger partial charge in [-0.2, -0.15) is 0 Å². The molecule has 0 atom stereocenters. The minimum Gasteiger partial charge on any atom is -0.497 e. The molecule has 6 heteroatoms. The number of ether oxygens (including phenoxy) is 2. The molecule has 1 heterocycles.